The molecule has 0 spiro atoms. The summed E-state index contributed by atoms with van der Waals surface area (Å²) in [5, 5.41) is 0. The Morgan fingerprint density at radius 2 is 1.57 bits per heavy atom. The van der Waals surface area contributed by atoms with Crippen LogP contribution in [0.25, 0.3) is 0 Å². The number of fused-ring (bicyclic) bond motifs is 3. The smallest absolute Gasteiger partial charge is 0.246 e. The first-order valence-electron chi connectivity index (χ1n) is 13.5. The van der Waals surface area contributed by atoms with Crippen molar-refractivity contribution >= 4 is 0 Å². The van der Waals surface area contributed by atoms with E-state index in [0.29, 0.717) is 5.92 Å². The summed E-state index contributed by atoms with van der Waals surface area (Å²) >= 11 is 0. The first-order chi connectivity index (χ1) is 16.6. The zero-order chi connectivity index (χ0) is 24.3. The number of rotatable bonds is 1. The molecule has 7 aliphatic rings. The van der Waals surface area contributed by atoms with Gasteiger partial charge in [-0.3, -0.25) is 0 Å². The Balaban J connectivity index is 1.39. The highest BCUT2D eigenvalue weighted by atomic mass is 16.2. The molecule has 182 valence electrons. The molecule has 7 unspecified atom stereocenters. The maximum Gasteiger partial charge on any atom is 0.348 e. The van der Waals surface area contributed by atoms with Crippen LogP contribution in [0.2, 0.25) is 0 Å². The first kappa shape index (κ1) is 20.6. The Hall–Kier alpha value is -2.56. The Labute approximate surface area is 206 Å². The molecule has 0 saturated heterocycles. The maximum atomic E-state index is 14.3. The summed E-state index contributed by atoms with van der Waals surface area (Å²) < 4.78 is 5.43. The molecule has 3 heterocycles. The second-order valence-electron chi connectivity index (χ2n) is 13.3. The van der Waals surface area contributed by atoms with Gasteiger partial charge in [-0.1, -0.05) is 57.2 Å². The lowest BCUT2D eigenvalue weighted by Gasteiger charge is -2.67. The number of hydrogen-bond donors (Lipinski definition) is 0. The van der Waals surface area contributed by atoms with E-state index in [9.17, 15) is 9.59 Å². The summed E-state index contributed by atoms with van der Waals surface area (Å²) in [6.45, 7) is 11.5. The van der Waals surface area contributed by atoms with Gasteiger partial charge < -0.3 is 0 Å². The third kappa shape index (κ3) is 1.82. The van der Waals surface area contributed by atoms with Gasteiger partial charge in [0.25, 0.3) is 0 Å². The van der Waals surface area contributed by atoms with E-state index < -0.39 is 0 Å². The van der Waals surface area contributed by atoms with Crippen LogP contribution in [0.3, 0.4) is 0 Å². The van der Waals surface area contributed by atoms with Crippen LogP contribution < -0.4 is 11.4 Å². The maximum absolute atomic E-state index is 14.3. The second-order valence-corrected chi connectivity index (χ2v) is 13.3. The van der Waals surface area contributed by atoms with E-state index in [1.165, 1.54) is 28.7 Å². The van der Waals surface area contributed by atoms with Gasteiger partial charge in [0.1, 0.15) is 0 Å². The normalized spacial score (nSPS) is 42.4. The average molecular weight is 470 g/mol. The Kier molecular flexibility index (Phi) is 3.36. The molecule has 2 fully saturated rings. The predicted molar refractivity (Wildman–Crippen MR) is 136 cm³/mol. The van der Waals surface area contributed by atoms with Crippen molar-refractivity contribution in [3.8, 4) is 0 Å². The molecule has 35 heavy (non-hydrogen) atoms. The van der Waals surface area contributed by atoms with Gasteiger partial charge >= 0.3 is 11.4 Å². The van der Waals surface area contributed by atoms with Gasteiger partial charge in [0.15, 0.2) is 0 Å². The van der Waals surface area contributed by atoms with Crippen molar-refractivity contribution in [2.45, 2.75) is 90.3 Å². The van der Waals surface area contributed by atoms with Crippen molar-refractivity contribution in [3.63, 3.8) is 0 Å². The van der Waals surface area contributed by atoms with Crippen LogP contribution >= 0.6 is 0 Å². The molecular weight excluding hydrogens is 434 g/mol. The third-order valence-corrected chi connectivity index (χ3v) is 12.5. The number of benzene rings is 1. The number of aryl methyl sites for hydroxylation is 2. The summed E-state index contributed by atoms with van der Waals surface area (Å²) in [5.74, 6) is 0.579. The zero-order valence-electron chi connectivity index (χ0n) is 21.5. The summed E-state index contributed by atoms with van der Waals surface area (Å²) in [6.07, 6.45) is 14.5. The van der Waals surface area contributed by atoms with E-state index in [1.807, 2.05) is 9.36 Å². The fourth-order valence-electron chi connectivity index (χ4n) is 10.1. The number of aromatic nitrogens is 3. The summed E-state index contributed by atoms with van der Waals surface area (Å²) in [6, 6.07) is 4.22. The molecule has 4 bridgehead atoms. The SMILES string of the molecule is Cc1ccc(C)c2c1CCC13C=CC21C1C=CC3n2c(=O)n(C3CC4CCC3(C)C4(C)C)c(=O)n21. The predicted octanol–water partition coefficient (Wildman–Crippen LogP) is 4.92. The fraction of sp³-hybridized carbons (Fsp3) is 0.600. The molecule has 2 aromatic rings. The summed E-state index contributed by atoms with van der Waals surface area (Å²) in [4.78, 5) is 28.5. The quantitative estimate of drug-likeness (QED) is 0.557. The molecule has 9 rings (SSSR count). The molecule has 7 atom stereocenters. The van der Waals surface area contributed by atoms with Crippen LogP contribution in [-0.4, -0.2) is 13.9 Å². The van der Waals surface area contributed by atoms with Crippen molar-refractivity contribution in [2.75, 3.05) is 0 Å². The lowest BCUT2D eigenvalue weighted by Crippen LogP contribution is -2.68. The molecule has 5 nitrogen and oxygen atoms in total. The van der Waals surface area contributed by atoms with E-state index in [0.717, 1.165) is 25.7 Å². The van der Waals surface area contributed by atoms with Crippen molar-refractivity contribution in [1.29, 1.82) is 0 Å². The van der Waals surface area contributed by atoms with Crippen LogP contribution in [0.5, 0.6) is 0 Å². The zero-order valence-corrected chi connectivity index (χ0v) is 21.5. The highest BCUT2D eigenvalue weighted by molar-refractivity contribution is 5.61. The van der Waals surface area contributed by atoms with Gasteiger partial charge in [0.2, 0.25) is 0 Å². The van der Waals surface area contributed by atoms with Crippen molar-refractivity contribution in [2.24, 2.45) is 22.2 Å². The fourth-order valence-corrected chi connectivity index (χ4v) is 10.1. The Bertz CT molecular complexity index is 1530. The van der Waals surface area contributed by atoms with E-state index in [2.05, 4.69) is 71.1 Å². The van der Waals surface area contributed by atoms with Crippen molar-refractivity contribution in [3.05, 3.63) is 79.7 Å². The summed E-state index contributed by atoms with van der Waals surface area (Å²) in [7, 11) is 0. The second kappa shape index (κ2) is 5.71. The minimum Gasteiger partial charge on any atom is -0.246 e. The lowest BCUT2D eigenvalue weighted by molar-refractivity contribution is -0.00767. The van der Waals surface area contributed by atoms with Gasteiger partial charge in [0.05, 0.1) is 17.5 Å². The minimum absolute atomic E-state index is 0.0137. The van der Waals surface area contributed by atoms with Crippen LogP contribution in [0, 0.1) is 36.0 Å². The third-order valence-electron chi connectivity index (χ3n) is 12.5. The lowest BCUT2D eigenvalue weighted by atomic mass is 9.40. The van der Waals surface area contributed by atoms with Crippen molar-refractivity contribution < 1.29 is 0 Å². The van der Waals surface area contributed by atoms with Crippen molar-refractivity contribution in [1.82, 2.24) is 13.9 Å². The first-order valence-corrected chi connectivity index (χ1v) is 13.5. The number of hydrogen-bond acceptors (Lipinski definition) is 2. The van der Waals surface area contributed by atoms with Gasteiger partial charge in [-0.2, -0.15) is 0 Å². The van der Waals surface area contributed by atoms with Crippen LogP contribution in [0.4, 0.5) is 0 Å². The molecule has 0 amide bonds. The largest absolute Gasteiger partial charge is 0.348 e. The van der Waals surface area contributed by atoms with Crippen LogP contribution in [0.1, 0.15) is 86.8 Å². The van der Waals surface area contributed by atoms with Gasteiger partial charge in [-0.15, -0.1) is 0 Å². The topological polar surface area (TPSA) is 48.9 Å². The highest BCUT2D eigenvalue weighted by Gasteiger charge is 2.71. The van der Waals surface area contributed by atoms with Gasteiger partial charge in [-0.05, 0) is 85.0 Å². The van der Waals surface area contributed by atoms with E-state index in [-0.39, 0.29) is 51.2 Å². The van der Waals surface area contributed by atoms with Crippen LogP contribution in [-0.2, 0) is 11.8 Å². The molecular formula is C30H35N3O2. The number of allylic oxidation sites excluding steroid dienone is 4. The summed E-state index contributed by atoms with van der Waals surface area (Å²) in [5.41, 5.74) is 5.10. The Morgan fingerprint density at radius 1 is 0.886 bits per heavy atom. The molecule has 5 heteroatoms. The van der Waals surface area contributed by atoms with Gasteiger partial charge in [-0.25, -0.2) is 23.5 Å². The molecule has 0 N–H and O–H groups in total. The van der Waals surface area contributed by atoms with E-state index >= 15 is 0 Å². The Morgan fingerprint density at radius 3 is 2.20 bits per heavy atom. The van der Waals surface area contributed by atoms with Crippen LogP contribution in [0.15, 0.2) is 46.0 Å². The molecule has 1 aromatic heterocycles. The average Bonchev–Trinajstić information content (AvgIpc) is 3.28. The number of nitrogens with zero attached hydrogens (tertiary/aromatic N) is 3. The van der Waals surface area contributed by atoms with E-state index in [4.69, 9.17) is 0 Å². The standard InChI is InChI=1S/C30H35N3O2/c1-17-6-7-18(2)24-20(17)11-13-29-14-15-30(24,29)22-9-8-21(29)32-25(34)31(26(35)33(22)32)23-16-19-10-12-28(23,5)27(19,3)4/h6-9,14-15,19,21-23H,10-13,16H2,1-5H3. The molecule has 2 aliphatic heterocycles. The van der Waals surface area contributed by atoms with E-state index in [1.54, 1.807) is 4.57 Å². The molecule has 0 radical (unpaired) electrons. The molecule has 2 saturated carbocycles. The monoisotopic (exact) mass is 469 g/mol. The van der Waals surface area contributed by atoms with Gasteiger partial charge in [0, 0.05) is 11.5 Å². The highest BCUT2D eigenvalue weighted by Crippen LogP contribution is 2.72. The molecule has 5 aliphatic carbocycles. The molecule has 1 aromatic carbocycles. The minimum atomic E-state index is -0.240.